The van der Waals surface area contributed by atoms with Gasteiger partial charge in [0.2, 0.25) is 0 Å². The maximum absolute atomic E-state index is 13.4. The summed E-state index contributed by atoms with van der Waals surface area (Å²) >= 11 is 9.36. The molecule has 0 spiro atoms. The maximum Gasteiger partial charge on any atom is 0.278 e. The van der Waals surface area contributed by atoms with Crippen molar-refractivity contribution < 1.29 is 22.7 Å². The molecule has 0 radical (unpaired) electrons. The molecule has 33 heavy (non-hydrogen) atoms. The molecule has 0 unspecified atom stereocenters. The van der Waals surface area contributed by atoms with Gasteiger partial charge < -0.3 is 9.47 Å². The number of nitrogens with zero attached hydrogens (tertiary/aromatic N) is 1. The van der Waals surface area contributed by atoms with Gasteiger partial charge in [-0.05, 0) is 88.6 Å². The minimum atomic E-state index is -4.23. The van der Waals surface area contributed by atoms with Crippen LogP contribution in [0.3, 0.4) is 0 Å². The minimum absolute atomic E-state index is 0.0684. The summed E-state index contributed by atoms with van der Waals surface area (Å²) in [7, 11) is -2.73. The first kappa shape index (κ1) is 25.1. The molecular weight excluding hydrogens is 530 g/mol. The number of methoxy groups -OCH3 is 1. The van der Waals surface area contributed by atoms with E-state index in [0.29, 0.717) is 21.0 Å². The molecule has 0 heterocycles. The zero-order valence-electron chi connectivity index (χ0n) is 18.1. The summed E-state index contributed by atoms with van der Waals surface area (Å²) in [6.07, 6.45) is 1.92. The number of hydrogen-bond acceptors (Lipinski definition) is 5. The van der Waals surface area contributed by atoms with Gasteiger partial charge in [0, 0.05) is 5.02 Å². The van der Waals surface area contributed by atoms with Crippen molar-refractivity contribution in [3.8, 4) is 11.5 Å². The fourth-order valence-corrected chi connectivity index (χ4v) is 5.23. The van der Waals surface area contributed by atoms with E-state index in [9.17, 15) is 13.2 Å². The van der Waals surface area contributed by atoms with E-state index in [1.165, 1.54) is 43.5 Å². The van der Waals surface area contributed by atoms with Crippen LogP contribution in [0.15, 0.2) is 76.1 Å². The molecule has 0 saturated heterocycles. The van der Waals surface area contributed by atoms with Crippen LogP contribution in [0.1, 0.15) is 18.9 Å². The van der Waals surface area contributed by atoms with Crippen LogP contribution >= 0.6 is 27.5 Å². The Labute approximate surface area is 207 Å². The van der Waals surface area contributed by atoms with E-state index in [1.54, 1.807) is 18.2 Å². The number of sulfonamides is 1. The third-order valence-electron chi connectivity index (χ3n) is 4.77. The van der Waals surface area contributed by atoms with E-state index in [-0.39, 0.29) is 10.6 Å². The predicted molar refractivity (Wildman–Crippen MR) is 133 cm³/mol. The van der Waals surface area contributed by atoms with E-state index in [1.807, 2.05) is 12.1 Å². The van der Waals surface area contributed by atoms with Crippen molar-refractivity contribution in [2.75, 3.05) is 18.0 Å². The molecule has 0 bridgehead atoms. The Morgan fingerprint density at radius 3 is 2.27 bits per heavy atom. The number of anilines is 1. The van der Waals surface area contributed by atoms with Gasteiger partial charge in [-0.3, -0.25) is 4.79 Å². The summed E-state index contributed by atoms with van der Waals surface area (Å²) < 4.78 is 39.0. The van der Waals surface area contributed by atoms with Gasteiger partial charge in [-0.2, -0.15) is 4.31 Å². The Morgan fingerprint density at radius 1 is 1.03 bits per heavy atom. The predicted octanol–water partition coefficient (Wildman–Crippen LogP) is 5.86. The van der Waals surface area contributed by atoms with Crippen LogP contribution in [0, 0.1) is 0 Å². The van der Waals surface area contributed by atoms with Gasteiger partial charge in [-0.15, -0.1) is 0 Å². The second-order valence-corrected chi connectivity index (χ2v) is 10.2. The molecule has 174 valence electrons. The average molecular weight is 553 g/mol. The number of rotatable bonds is 9. The highest BCUT2D eigenvalue weighted by molar-refractivity contribution is 9.10. The highest BCUT2D eigenvalue weighted by Crippen LogP contribution is 2.29. The van der Waals surface area contributed by atoms with Crippen LogP contribution in [-0.2, 0) is 21.2 Å². The van der Waals surface area contributed by atoms with Gasteiger partial charge in [0.25, 0.3) is 15.9 Å². The van der Waals surface area contributed by atoms with E-state index >= 15 is 0 Å². The van der Waals surface area contributed by atoms with Crippen molar-refractivity contribution in [1.82, 2.24) is 0 Å². The minimum Gasteiger partial charge on any atom is -0.497 e. The van der Waals surface area contributed by atoms with Gasteiger partial charge in [-0.1, -0.05) is 31.0 Å². The second-order valence-electron chi connectivity index (χ2n) is 7.12. The topological polar surface area (TPSA) is 72.9 Å². The van der Waals surface area contributed by atoms with Crippen molar-refractivity contribution in [1.29, 1.82) is 0 Å². The number of carbonyl (C=O) groups is 1. The van der Waals surface area contributed by atoms with Gasteiger partial charge in [-0.25, -0.2) is 8.42 Å². The number of benzene rings is 3. The average Bonchev–Trinajstić information content (AvgIpc) is 2.79. The Hall–Kier alpha value is -2.55. The van der Waals surface area contributed by atoms with Crippen LogP contribution in [0.2, 0.25) is 5.02 Å². The van der Waals surface area contributed by atoms with Crippen molar-refractivity contribution in [2.24, 2.45) is 0 Å². The van der Waals surface area contributed by atoms with Crippen LogP contribution in [0.25, 0.3) is 0 Å². The first-order valence-electron chi connectivity index (χ1n) is 10.1. The van der Waals surface area contributed by atoms with Gasteiger partial charge in [0.15, 0.2) is 6.61 Å². The Morgan fingerprint density at radius 2 is 1.70 bits per heavy atom. The maximum atomic E-state index is 13.4. The Kier molecular flexibility index (Phi) is 8.40. The summed E-state index contributed by atoms with van der Waals surface area (Å²) in [5.41, 5.74) is 1.30. The van der Waals surface area contributed by atoms with Crippen LogP contribution < -0.4 is 13.8 Å². The highest BCUT2D eigenvalue weighted by Gasteiger charge is 2.31. The zero-order chi connectivity index (χ0) is 24.0. The summed E-state index contributed by atoms with van der Waals surface area (Å²) in [6.45, 7) is 1.61. The number of amides is 1. The molecule has 0 aliphatic carbocycles. The van der Waals surface area contributed by atoms with E-state index < -0.39 is 22.5 Å². The summed E-state index contributed by atoms with van der Waals surface area (Å²) in [5.74, 6) is 0.226. The van der Waals surface area contributed by atoms with Crippen LogP contribution in [0.5, 0.6) is 11.5 Å². The lowest BCUT2D eigenvalue weighted by Gasteiger charge is -2.23. The molecule has 0 aliphatic heterocycles. The van der Waals surface area contributed by atoms with Crippen molar-refractivity contribution in [2.45, 2.75) is 24.7 Å². The fourth-order valence-electron chi connectivity index (χ4n) is 3.15. The molecule has 6 nitrogen and oxygen atoms in total. The van der Waals surface area contributed by atoms with Gasteiger partial charge >= 0.3 is 0 Å². The molecule has 9 heteroatoms. The number of ether oxygens (including phenoxy) is 2. The second kappa shape index (κ2) is 11.0. The SMILES string of the molecule is CCCc1ccc(OCC(=O)N(c2ccc(OC)cc2)S(=O)(=O)c2ccc(Cl)cc2)c(Br)c1. The van der Waals surface area contributed by atoms with Crippen LogP contribution in [-0.4, -0.2) is 28.0 Å². The molecule has 1 amide bonds. The number of carbonyl (C=O) groups excluding carboxylic acids is 1. The summed E-state index contributed by atoms with van der Waals surface area (Å²) in [4.78, 5) is 13.1. The smallest absolute Gasteiger partial charge is 0.278 e. The Balaban J connectivity index is 1.91. The quantitative estimate of drug-likeness (QED) is 0.332. The number of hydrogen-bond donors (Lipinski definition) is 0. The fraction of sp³-hybridized carbons (Fsp3) is 0.208. The third kappa shape index (κ3) is 6.07. The molecule has 0 saturated carbocycles. The molecule has 3 aromatic rings. The largest absolute Gasteiger partial charge is 0.497 e. The summed E-state index contributed by atoms with van der Waals surface area (Å²) in [5, 5.41) is 0.385. The molecule has 0 aromatic heterocycles. The molecule has 0 fully saturated rings. The van der Waals surface area contributed by atoms with Crippen molar-refractivity contribution in [3.05, 3.63) is 81.8 Å². The molecule has 0 atom stereocenters. The lowest BCUT2D eigenvalue weighted by Crippen LogP contribution is -2.40. The standard InChI is InChI=1S/C24H23BrClNO5S/c1-3-4-17-5-14-23(22(25)15-17)32-16-24(28)27(19-8-10-20(31-2)11-9-19)33(29,30)21-12-6-18(26)7-13-21/h5-15H,3-4,16H2,1-2H3. The molecule has 0 aliphatic rings. The molecular formula is C24H23BrClNO5S. The molecule has 0 N–H and O–H groups in total. The zero-order valence-corrected chi connectivity index (χ0v) is 21.3. The summed E-state index contributed by atoms with van der Waals surface area (Å²) in [6, 6.07) is 17.4. The lowest BCUT2D eigenvalue weighted by atomic mass is 10.1. The van der Waals surface area contributed by atoms with E-state index in [0.717, 1.165) is 22.7 Å². The first-order valence-corrected chi connectivity index (χ1v) is 12.8. The number of halogens is 2. The van der Waals surface area contributed by atoms with Crippen molar-refractivity contribution >= 4 is 49.1 Å². The highest BCUT2D eigenvalue weighted by atomic mass is 79.9. The molecule has 3 aromatic carbocycles. The van der Waals surface area contributed by atoms with Crippen molar-refractivity contribution in [3.63, 3.8) is 0 Å². The van der Waals surface area contributed by atoms with E-state index in [4.69, 9.17) is 21.1 Å². The van der Waals surface area contributed by atoms with E-state index in [2.05, 4.69) is 22.9 Å². The normalized spacial score (nSPS) is 11.2. The van der Waals surface area contributed by atoms with Crippen LogP contribution in [0.4, 0.5) is 5.69 Å². The van der Waals surface area contributed by atoms with Gasteiger partial charge in [0.1, 0.15) is 11.5 Å². The monoisotopic (exact) mass is 551 g/mol. The molecule has 3 rings (SSSR count). The number of aryl methyl sites for hydroxylation is 1. The van der Waals surface area contributed by atoms with Gasteiger partial charge in [0.05, 0.1) is 22.2 Å². The lowest BCUT2D eigenvalue weighted by molar-refractivity contribution is -0.119. The Bertz CT molecular complexity index is 1210. The third-order valence-corrected chi connectivity index (χ3v) is 7.41. The first-order chi connectivity index (χ1) is 15.8.